The van der Waals surface area contributed by atoms with Crippen LogP contribution in [0.4, 0.5) is 4.39 Å². The zero-order valence-electron chi connectivity index (χ0n) is 13.5. The van der Waals surface area contributed by atoms with E-state index in [1.54, 1.807) is 31.5 Å². The van der Waals surface area contributed by atoms with Gasteiger partial charge in [0.15, 0.2) is 5.03 Å². The Kier molecular flexibility index (Phi) is 4.81. The third kappa shape index (κ3) is 3.57. The predicted octanol–water partition coefficient (Wildman–Crippen LogP) is 4.28. The fraction of sp³-hybridized carbons (Fsp3) is 0.158. The molecule has 0 saturated carbocycles. The molecule has 1 aromatic heterocycles. The van der Waals surface area contributed by atoms with Crippen molar-refractivity contribution in [2.75, 3.05) is 0 Å². The Balaban J connectivity index is 1.86. The van der Waals surface area contributed by atoms with E-state index >= 15 is 0 Å². The van der Waals surface area contributed by atoms with Crippen molar-refractivity contribution in [1.29, 1.82) is 0 Å². The number of aromatic nitrogens is 2. The van der Waals surface area contributed by atoms with Crippen molar-refractivity contribution < 1.29 is 4.39 Å². The van der Waals surface area contributed by atoms with E-state index in [4.69, 9.17) is 0 Å². The molecule has 3 nitrogen and oxygen atoms in total. The Bertz CT molecular complexity index is 919. The molecule has 0 bridgehead atoms. The largest absolute Gasteiger partial charge is 0.287 e. The van der Waals surface area contributed by atoms with Crippen LogP contribution < -0.4 is 5.56 Å². The molecular weight excluding hydrogens is 323 g/mol. The first-order valence-corrected chi connectivity index (χ1v) is 8.56. The normalized spacial score (nSPS) is 10.8. The summed E-state index contributed by atoms with van der Waals surface area (Å²) < 4.78 is 15.2. The lowest BCUT2D eigenvalue weighted by Gasteiger charge is -2.08. The first-order valence-electron chi connectivity index (χ1n) is 7.57. The monoisotopic (exact) mass is 340 g/mol. The lowest BCUT2D eigenvalue weighted by Crippen LogP contribution is -2.20. The zero-order valence-corrected chi connectivity index (χ0v) is 14.3. The van der Waals surface area contributed by atoms with Crippen molar-refractivity contribution in [3.8, 4) is 5.69 Å². The smallest absolute Gasteiger partial charge is 0.280 e. The summed E-state index contributed by atoms with van der Waals surface area (Å²) in [5.41, 5.74) is 3.14. The summed E-state index contributed by atoms with van der Waals surface area (Å²) in [6.07, 6.45) is 3.12. The van der Waals surface area contributed by atoms with Crippen molar-refractivity contribution in [2.24, 2.45) is 0 Å². The molecule has 5 heteroatoms. The van der Waals surface area contributed by atoms with Crippen LogP contribution in [-0.4, -0.2) is 9.55 Å². The van der Waals surface area contributed by atoms with Gasteiger partial charge < -0.3 is 0 Å². The molecule has 0 N–H and O–H groups in total. The summed E-state index contributed by atoms with van der Waals surface area (Å²) in [4.78, 5) is 16.8. The maximum absolute atomic E-state index is 13.8. The molecule has 0 unspecified atom stereocenters. The molecule has 0 spiro atoms. The van der Waals surface area contributed by atoms with Gasteiger partial charge in [-0.25, -0.2) is 9.37 Å². The number of hydrogen-bond acceptors (Lipinski definition) is 3. The molecule has 0 saturated heterocycles. The quantitative estimate of drug-likeness (QED) is 0.665. The van der Waals surface area contributed by atoms with Gasteiger partial charge >= 0.3 is 0 Å². The Morgan fingerprint density at radius 2 is 1.88 bits per heavy atom. The molecule has 0 fully saturated rings. The highest BCUT2D eigenvalue weighted by molar-refractivity contribution is 7.98. The molecule has 2 aromatic carbocycles. The van der Waals surface area contributed by atoms with Gasteiger partial charge in [-0.2, -0.15) is 0 Å². The number of rotatable bonds is 4. The molecule has 0 aliphatic rings. The van der Waals surface area contributed by atoms with E-state index in [0.29, 0.717) is 22.0 Å². The average molecular weight is 340 g/mol. The molecule has 0 radical (unpaired) electrons. The van der Waals surface area contributed by atoms with E-state index in [9.17, 15) is 9.18 Å². The number of nitrogens with zero attached hydrogens (tertiary/aromatic N) is 2. The van der Waals surface area contributed by atoms with E-state index in [1.165, 1.54) is 28.0 Å². The molecule has 0 aliphatic carbocycles. The molecule has 3 rings (SSSR count). The topological polar surface area (TPSA) is 34.9 Å². The molecule has 0 aliphatic heterocycles. The highest BCUT2D eigenvalue weighted by atomic mass is 32.2. The molecule has 0 atom stereocenters. The summed E-state index contributed by atoms with van der Waals surface area (Å²) >= 11 is 1.38. The fourth-order valence-electron chi connectivity index (χ4n) is 2.26. The van der Waals surface area contributed by atoms with Crippen LogP contribution in [0.1, 0.15) is 16.7 Å². The second kappa shape index (κ2) is 7.01. The van der Waals surface area contributed by atoms with Crippen LogP contribution in [0.3, 0.4) is 0 Å². The Morgan fingerprint density at radius 1 is 1.12 bits per heavy atom. The molecule has 24 heavy (non-hydrogen) atoms. The van der Waals surface area contributed by atoms with Crippen molar-refractivity contribution in [3.63, 3.8) is 0 Å². The van der Waals surface area contributed by atoms with E-state index in [0.717, 1.165) is 5.56 Å². The molecular formula is C19H17FN2OS. The predicted molar refractivity (Wildman–Crippen MR) is 95.3 cm³/mol. The minimum absolute atomic E-state index is 0.238. The highest BCUT2D eigenvalue weighted by Gasteiger charge is 2.09. The van der Waals surface area contributed by atoms with Gasteiger partial charge in [-0.05, 0) is 37.1 Å². The molecule has 3 aromatic rings. The second-order valence-corrected chi connectivity index (χ2v) is 6.58. The standard InChI is InChI=1S/C19H17FN2OS/c1-13-3-6-15(7-4-13)12-24-18-19(23)22(10-9-21-18)16-8-5-14(2)17(20)11-16/h3-11H,12H2,1-2H3. The molecule has 0 amide bonds. The fourth-order valence-corrected chi connectivity index (χ4v) is 3.12. The van der Waals surface area contributed by atoms with Gasteiger partial charge in [0.05, 0.1) is 5.69 Å². The van der Waals surface area contributed by atoms with Crippen molar-refractivity contribution in [3.05, 3.63) is 87.7 Å². The highest BCUT2D eigenvalue weighted by Crippen LogP contribution is 2.19. The van der Waals surface area contributed by atoms with Gasteiger partial charge in [-0.3, -0.25) is 9.36 Å². The minimum atomic E-state index is -0.329. The van der Waals surface area contributed by atoms with Crippen LogP contribution in [0.5, 0.6) is 0 Å². The summed E-state index contributed by atoms with van der Waals surface area (Å²) in [7, 11) is 0. The van der Waals surface area contributed by atoms with Gasteiger partial charge in [-0.1, -0.05) is 47.7 Å². The Morgan fingerprint density at radius 3 is 2.58 bits per heavy atom. The Labute approximate surface area is 144 Å². The van der Waals surface area contributed by atoms with Gasteiger partial charge in [-0.15, -0.1) is 0 Å². The maximum atomic E-state index is 13.8. The minimum Gasteiger partial charge on any atom is -0.280 e. The number of thioether (sulfide) groups is 1. The maximum Gasteiger partial charge on any atom is 0.287 e. The van der Waals surface area contributed by atoms with Crippen molar-refractivity contribution in [1.82, 2.24) is 9.55 Å². The van der Waals surface area contributed by atoms with Crippen LogP contribution >= 0.6 is 11.8 Å². The van der Waals surface area contributed by atoms with Crippen LogP contribution in [0.25, 0.3) is 5.69 Å². The third-order valence-electron chi connectivity index (χ3n) is 3.74. The lowest BCUT2D eigenvalue weighted by molar-refractivity contribution is 0.616. The van der Waals surface area contributed by atoms with E-state index in [1.807, 2.05) is 31.2 Å². The Hall–Kier alpha value is -2.40. The van der Waals surface area contributed by atoms with Gasteiger partial charge in [0.25, 0.3) is 5.56 Å². The summed E-state index contributed by atoms with van der Waals surface area (Å²) in [6.45, 7) is 3.73. The number of hydrogen-bond donors (Lipinski definition) is 0. The lowest BCUT2D eigenvalue weighted by atomic mass is 10.2. The van der Waals surface area contributed by atoms with Crippen molar-refractivity contribution >= 4 is 11.8 Å². The zero-order chi connectivity index (χ0) is 17.1. The van der Waals surface area contributed by atoms with Crippen LogP contribution in [0.15, 0.2) is 64.7 Å². The average Bonchev–Trinajstić information content (AvgIpc) is 2.58. The van der Waals surface area contributed by atoms with Crippen LogP contribution in [0, 0.1) is 19.7 Å². The first kappa shape index (κ1) is 16.5. The number of aryl methyl sites for hydroxylation is 2. The van der Waals surface area contributed by atoms with E-state index < -0.39 is 0 Å². The molecule has 122 valence electrons. The second-order valence-electron chi connectivity index (χ2n) is 5.62. The number of benzene rings is 2. The van der Waals surface area contributed by atoms with Crippen LogP contribution in [-0.2, 0) is 5.75 Å². The summed E-state index contributed by atoms with van der Waals surface area (Å²) in [6, 6.07) is 12.9. The first-order chi connectivity index (χ1) is 11.5. The van der Waals surface area contributed by atoms with Crippen LogP contribution in [0.2, 0.25) is 0 Å². The third-order valence-corrected chi connectivity index (χ3v) is 4.77. The summed E-state index contributed by atoms with van der Waals surface area (Å²) in [5, 5.41) is 0.402. The SMILES string of the molecule is Cc1ccc(CSc2nccn(-c3ccc(C)c(F)c3)c2=O)cc1. The van der Waals surface area contributed by atoms with Gasteiger partial charge in [0.1, 0.15) is 5.82 Å². The molecule has 1 heterocycles. The number of halogens is 1. The van der Waals surface area contributed by atoms with E-state index in [2.05, 4.69) is 4.98 Å². The summed E-state index contributed by atoms with van der Waals surface area (Å²) in [5.74, 6) is 0.333. The van der Waals surface area contributed by atoms with Gasteiger partial charge in [0.2, 0.25) is 0 Å². The van der Waals surface area contributed by atoms with Crippen molar-refractivity contribution in [2.45, 2.75) is 24.6 Å². The van der Waals surface area contributed by atoms with Gasteiger partial charge in [0, 0.05) is 18.1 Å². The van der Waals surface area contributed by atoms with E-state index in [-0.39, 0.29) is 11.4 Å².